The summed E-state index contributed by atoms with van der Waals surface area (Å²) in [5.74, 6) is -0.536. The third-order valence-electron chi connectivity index (χ3n) is 3.37. The smallest absolute Gasteiger partial charge is 0.337 e. The van der Waals surface area contributed by atoms with Crippen LogP contribution in [0, 0.1) is 19.8 Å². The molecule has 5 heteroatoms. The molecule has 0 aliphatic heterocycles. The molecule has 1 aromatic rings. The number of carboxylic acid groups (broad SMARTS) is 1. The molecule has 0 bridgehead atoms. The number of hydrogen-bond acceptors (Lipinski definition) is 2. The second kappa shape index (κ2) is 4.91. The van der Waals surface area contributed by atoms with E-state index >= 15 is 0 Å². The Labute approximate surface area is 112 Å². The van der Waals surface area contributed by atoms with Crippen LogP contribution in [0.15, 0.2) is 12.1 Å². The van der Waals surface area contributed by atoms with E-state index in [0.29, 0.717) is 11.6 Å². The average molecular weight is 262 g/mol. The predicted molar refractivity (Wildman–Crippen MR) is 72.6 cm³/mol. The molecule has 1 aliphatic rings. The summed E-state index contributed by atoms with van der Waals surface area (Å²) in [6.45, 7) is 5.68. The Hall–Kier alpha value is -2.04. The van der Waals surface area contributed by atoms with Gasteiger partial charge in [-0.25, -0.2) is 9.59 Å². The van der Waals surface area contributed by atoms with Gasteiger partial charge < -0.3 is 15.7 Å². The minimum atomic E-state index is -1.04. The molecule has 19 heavy (non-hydrogen) atoms. The molecule has 102 valence electrons. The van der Waals surface area contributed by atoms with Crippen molar-refractivity contribution in [1.82, 2.24) is 5.32 Å². The minimum absolute atomic E-state index is 0.122. The molecule has 2 unspecified atom stereocenters. The molecule has 0 radical (unpaired) electrons. The molecule has 2 rings (SSSR count). The molecule has 1 fully saturated rings. The van der Waals surface area contributed by atoms with Crippen LogP contribution in [0.25, 0.3) is 0 Å². The van der Waals surface area contributed by atoms with Crippen LogP contribution >= 0.6 is 0 Å². The maximum absolute atomic E-state index is 11.8. The number of benzene rings is 1. The summed E-state index contributed by atoms with van der Waals surface area (Å²) in [5, 5.41) is 14.7. The van der Waals surface area contributed by atoms with Gasteiger partial charge in [-0.3, -0.25) is 0 Å². The molecule has 2 atom stereocenters. The molecule has 2 amide bonds. The van der Waals surface area contributed by atoms with Gasteiger partial charge in [0.15, 0.2) is 0 Å². The van der Waals surface area contributed by atoms with Gasteiger partial charge >= 0.3 is 12.0 Å². The lowest BCUT2D eigenvalue weighted by Crippen LogP contribution is -2.32. The number of carboxylic acids is 1. The third kappa shape index (κ3) is 3.05. The number of aromatic carboxylic acids is 1. The van der Waals surface area contributed by atoms with Crippen LogP contribution in [-0.4, -0.2) is 23.1 Å². The Kier molecular flexibility index (Phi) is 3.46. The van der Waals surface area contributed by atoms with E-state index in [2.05, 4.69) is 17.6 Å². The Balaban J connectivity index is 2.18. The second-order valence-corrected chi connectivity index (χ2v) is 5.23. The van der Waals surface area contributed by atoms with Gasteiger partial charge in [0.05, 0.1) is 11.3 Å². The number of urea groups is 1. The third-order valence-corrected chi connectivity index (χ3v) is 3.37. The van der Waals surface area contributed by atoms with Crippen molar-refractivity contribution in [3.63, 3.8) is 0 Å². The predicted octanol–water partition coefficient (Wildman–Crippen LogP) is 2.53. The monoisotopic (exact) mass is 262 g/mol. The van der Waals surface area contributed by atoms with Crippen LogP contribution in [0.2, 0.25) is 0 Å². The molecule has 0 spiro atoms. The SMILES string of the molecule is Cc1cc(C)c(NC(=O)NC2CC2C)c(C(=O)O)c1. The highest BCUT2D eigenvalue weighted by atomic mass is 16.4. The molecule has 1 aliphatic carbocycles. The van der Waals surface area contributed by atoms with Gasteiger partial charge in [-0.05, 0) is 43.4 Å². The summed E-state index contributed by atoms with van der Waals surface area (Å²) in [5.41, 5.74) is 2.09. The zero-order valence-electron chi connectivity index (χ0n) is 11.3. The molecular weight excluding hydrogens is 244 g/mol. The first-order valence-corrected chi connectivity index (χ1v) is 6.30. The van der Waals surface area contributed by atoms with Gasteiger partial charge in [0, 0.05) is 6.04 Å². The van der Waals surface area contributed by atoms with Gasteiger partial charge in [-0.2, -0.15) is 0 Å². The number of carbonyl (C=O) groups is 2. The Morgan fingerprint density at radius 2 is 1.95 bits per heavy atom. The molecule has 0 heterocycles. The van der Waals surface area contributed by atoms with E-state index < -0.39 is 5.97 Å². The number of amides is 2. The molecule has 3 N–H and O–H groups in total. The summed E-state index contributed by atoms with van der Waals surface area (Å²) < 4.78 is 0. The van der Waals surface area contributed by atoms with E-state index in [1.165, 1.54) is 0 Å². The van der Waals surface area contributed by atoms with Crippen molar-refractivity contribution in [2.24, 2.45) is 5.92 Å². The quantitative estimate of drug-likeness (QED) is 0.783. The van der Waals surface area contributed by atoms with E-state index in [9.17, 15) is 14.7 Å². The van der Waals surface area contributed by atoms with Gasteiger partial charge in [0.25, 0.3) is 0 Å². The maximum Gasteiger partial charge on any atom is 0.337 e. The van der Waals surface area contributed by atoms with Crippen LogP contribution in [0.1, 0.15) is 34.8 Å². The Morgan fingerprint density at radius 1 is 1.32 bits per heavy atom. The van der Waals surface area contributed by atoms with Crippen LogP contribution in [-0.2, 0) is 0 Å². The standard InChI is InChI=1S/C14H18N2O3/c1-7-4-9(3)12(10(5-7)13(17)18)16-14(19)15-11-6-8(11)2/h4-5,8,11H,6H2,1-3H3,(H,17,18)(H2,15,16,19). The lowest BCUT2D eigenvalue weighted by atomic mass is 10.0. The number of carbonyl (C=O) groups excluding carboxylic acids is 1. The molecule has 1 aromatic carbocycles. The maximum atomic E-state index is 11.8. The summed E-state index contributed by atoms with van der Waals surface area (Å²) in [6.07, 6.45) is 0.978. The minimum Gasteiger partial charge on any atom is -0.478 e. The van der Waals surface area contributed by atoms with Crippen molar-refractivity contribution in [2.75, 3.05) is 5.32 Å². The first-order valence-electron chi connectivity index (χ1n) is 6.30. The van der Waals surface area contributed by atoms with E-state index in [4.69, 9.17) is 0 Å². The van der Waals surface area contributed by atoms with Crippen LogP contribution in [0.5, 0.6) is 0 Å². The molecule has 0 aromatic heterocycles. The fourth-order valence-corrected chi connectivity index (χ4v) is 2.14. The first-order chi connectivity index (χ1) is 8.88. The highest BCUT2D eigenvalue weighted by Crippen LogP contribution is 2.29. The number of anilines is 1. The lowest BCUT2D eigenvalue weighted by Gasteiger charge is -2.13. The topological polar surface area (TPSA) is 78.4 Å². The van der Waals surface area contributed by atoms with Crippen molar-refractivity contribution >= 4 is 17.7 Å². The van der Waals surface area contributed by atoms with Crippen LogP contribution < -0.4 is 10.6 Å². The van der Waals surface area contributed by atoms with Crippen molar-refractivity contribution < 1.29 is 14.7 Å². The first kappa shape index (κ1) is 13.4. The number of aryl methyl sites for hydroxylation is 2. The number of rotatable bonds is 3. The second-order valence-electron chi connectivity index (χ2n) is 5.23. The van der Waals surface area contributed by atoms with Crippen LogP contribution in [0.3, 0.4) is 0 Å². The Morgan fingerprint density at radius 3 is 2.47 bits per heavy atom. The van der Waals surface area contributed by atoms with Crippen LogP contribution in [0.4, 0.5) is 10.5 Å². The largest absolute Gasteiger partial charge is 0.478 e. The van der Waals surface area contributed by atoms with E-state index in [1.54, 1.807) is 13.0 Å². The van der Waals surface area contributed by atoms with Crippen molar-refractivity contribution in [2.45, 2.75) is 33.2 Å². The van der Waals surface area contributed by atoms with Gasteiger partial charge in [0.2, 0.25) is 0 Å². The average Bonchev–Trinajstić information content (AvgIpc) is 2.97. The van der Waals surface area contributed by atoms with Crippen molar-refractivity contribution in [3.05, 3.63) is 28.8 Å². The Bertz CT molecular complexity index is 540. The fraction of sp³-hybridized carbons (Fsp3) is 0.429. The van der Waals surface area contributed by atoms with E-state index in [1.807, 2.05) is 13.0 Å². The lowest BCUT2D eigenvalue weighted by molar-refractivity contribution is 0.0698. The van der Waals surface area contributed by atoms with Gasteiger partial charge in [-0.15, -0.1) is 0 Å². The van der Waals surface area contributed by atoms with Gasteiger partial charge in [-0.1, -0.05) is 13.0 Å². The zero-order chi connectivity index (χ0) is 14.2. The summed E-state index contributed by atoms with van der Waals surface area (Å²) in [4.78, 5) is 23.0. The molecule has 0 saturated heterocycles. The van der Waals surface area contributed by atoms with Crippen molar-refractivity contribution in [3.8, 4) is 0 Å². The van der Waals surface area contributed by atoms with Gasteiger partial charge in [0.1, 0.15) is 0 Å². The highest BCUT2D eigenvalue weighted by Gasteiger charge is 2.34. The normalized spacial score (nSPS) is 20.8. The van der Waals surface area contributed by atoms with Crippen molar-refractivity contribution in [1.29, 1.82) is 0 Å². The number of nitrogens with one attached hydrogen (secondary N) is 2. The summed E-state index contributed by atoms with van der Waals surface area (Å²) >= 11 is 0. The fourth-order valence-electron chi connectivity index (χ4n) is 2.14. The highest BCUT2D eigenvalue weighted by molar-refractivity contribution is 6.01. The number of hydrogen-bond donors (Lipinski definition) is 3. The zero-order valence-corrected chi connectivity index (χ0v) is 11.3. The summed E-state index contributed by atoms with van der Waals surface area (Å²) in [6, 6.07) is 3.27. The van der Waals surface area contributed by atoms with E-state index in [0.717, 1.165) is 17.5 Å². The molecule has 1 saturated carbocycles. The summed E-state index contributed by atoms with van der Waals surface area (Å²) in [7, 11) is 0. The molecule has 5 nitrogen and oxygen atoms in total. The molecular formula is C14H18N2O3. The van der Waals surface area contributed by atoms with E-state index in [-0.39, 0.29) is 17.6 Å².